The summed E-state index contributed by atoms with van der Waals surface area (Å²) in [5.74, 6) is -0.0215. The SMILES string of the molecule is CC(C)(C)c1ccc2c(c1)N(S(=O)(=O)c1ccccc1)C[C@H](C(=O)Nc1ccc3c4c(cccc14)CC3)O2. The van der Waals surface area contributed by atoms with Gasteiger partial charge in [0, 0.05) is 11.1 Å². The number of aryl methyl sites for hydroxylation is 2. The van der Waals surface area contributed by atoms with Gasteiger partial charge < -0.3 is 10.1 Å². The second-order valence-corrected chi connectivity index (χ2v) is 12.9. The molecule has 0 saturated heterocycles. The van der Waals surface area contributed by atoms with E-state index in [0.717, 1.165) is 23.8 Å². The van der Waals surface area contributed by atoms with Crippen LogP contribution in [-0.4, -0.2) is 27.0 Å². The molecule has 1 atom stereocenters. The molecule has 1 aliphatic heterocycles. The molecule has 0 unspecified atom stereocenters. The first-order chi connectivity index (χ1) is 18.1. The van der Waals surface area contributed by atoms with Crippen LogP contribution in [0.2, 0.25) is 0 Å². The molecule has 6 rings (SSSR count). The average Bonchev–Trinajstić information content (AvgIpc) is 3.33. The van der Waals surface area contributed by atoms with Gasteiger partial charge in [0.2, 0.25) is 0 Å². The first-order valence-electron chi connectivity index (χ1n) is 12.9. The Morgan fingerprint density at radius 3 is 2.39 bits per heavy atom. The Balaban J connectivity index is 1.38. The van der Waals surface area contributed by atoms with E-state index in [9.17, 15) is 13.2 Å². The zero-order valence-corrected chi connectivity index (χ0v) is 22.5. The molecule has 0 aromatic heterocycles. The van der Waals surface area contributed by atoms with E-state index in [1.807, 2.05) is 30.3 Å². The van der Waals surface area contributed by atoms with Crippen LogP contribution in [0, 0.1) is 0 Å². The lowest BCUT2D eigenvalue weighted by Gasteiger charge is -2.36. The number of fused-ring (bicyclic) bond motifs is 1. The Morgan fingerprint density at radius 2 is 1.66 bits per heavy atom. The minimum Gasteiger partial charge on any atom is -0.476 e. The van der Waals surface area contributed by atoms with Gasteiger partial charge in [-0.1, -0.05) is 69.3 Å². The van der Waals surface area contributed by atoms with Crippen molar-refractivity contribution in [1.82, 2.24) is 0 Å². The van der Waals surface area contributed by atoms with Crippen molar-refractivity contribution in [3.05, 3.63) is 95.6 Å². The molecule has 2 aliphatic rings. The van der Waals surface area contributed by atoms with Gasteiger partial charge in [-0.3, -0.25) is 9.10 Å². The monoisotopic (exact) mass is 526 g/mol. The van der Waals surface area contributed by atoms with Crippen LogP contribution < -0.4 is 14.4 Å². The number of sulfonamides is 1. The van der Waals surface area contributed by atoms with Crippen LogP contribution in [0.1, 0.15) is 37.5 Å². The lowest BCUT2D eigenvalue weighted by Crippen LogP contribution is -2.49. The molecule has 4 aromatic rings. The fourth-order valence-corrected chi connectivity index (χ4v) is 6.86. The number of hydrogen-bond donors (Lipinski definition) is 1. The highest BCUT2D eigenvalue weighted by Gasteiger charge is 2.38. The third-order valence-electron chi connectivity index (χ3n) is 7.45. The molecular formula is C31H30N2O4S. The standard InChI is InChI=1S/C31H30N2O4S/c1-31(2,3)22-15-17-27-26(18-22)33(38(35,36)23-9-5-4-6-10-23)19-28(37-27)30(34)32-25-16-14-21-13-12-20-8-7-11-24(25)29(20)21/h4-11,14-18,28H,12-13,19H2,1-3H3,(H,32,34)/t28-/m1/s1. The van der Waals surface area contributed by atoms with E-state index in [0.29, 0.717) is 17.1 Å². The van der Waals surface area contributed by atoms with Crippen molar-refractivity contribution in [3.8, 4) is 5.75 Å². The van der Waals surface area contributed by atoms with Gasteiger partial charge in [-0.2, -0.15) is 0 Å². The number of rotatable bonds is 4. The molecule has 7 heteroatoms. The van der Waals surface area contributed by atoms with Gasteiger partial charge in [0.25, 0.3) is 15.9 Å². The summed E-state index contributed by atoms with van der Waals surface area (Å²) in [5.41, 5.74) is 4.49. The molecule has 0 saturated carbocycles. The van der Waals surface area contributed by atoms with E-state index >= 15 is 0 Å². The van der Waals surface area contributed by atoms with Crippen LogP contribution in [0.5, 0.6) is 5.75 Å². The molecule has 1 aliphatic carbocycles. The predicted octanol–water partition coefficient (Wildman–Crippen LogP) is 5.83. The number of nitrogens with one attached hydrogen (secondary N) is 1. The fraction of sp³-hybridized carbons (Fsp3) is 0.258. The number of amides is 1. The Morgan fingerprint density at radius 1 is 0.921 bits per heavy atom. The zero-order valence-electron chi connectivity index (χ0n) is 21.7. The minimum atomic E-state index is -3.94. The number of hydrogen-bond acceptors (Lipinski definition) is 4. The molecule has 1 heterocycles. The van der Waals surface area contributed by atoms with E-state index in [1.165, 1.54) is 20.8 Å². The van der Waals surface area contributed by atoms with Crippen molar-refractivity contribution in [2.75, 3.05) is 16.2 Å². The first kappa shape index (κ1) is 24.5. The maximum atomic E-state index is 13.8. The summed E-state index contributed by atoms with van der Waals surface area (Å²) >= 11 is 0. The molecule has 1 amide bonds. The van der Waals surface area contributed by atoms with Crippen LogP contribution >= 0.6 is 0 Å². The van der Waals surface area contributed by atoms with Crippen molar-refractivity contribution >= 4 is 38.1 Å². The summed E-state index contributed by atoms with van der Waals surface area (Å²) in [4.78, 5) is 13.8. The average molecular weight is 527 g/mol. The largest absolute Gasteiger partial charge is 0.476 e. The van der Waals surface area contributed by atoms with Gasteiger partial charge in [0.1, 0.15) is 5.75 Å². The summed E-state index contributed by atoms with van der Waals surface area (Å²) in [5, 5.41) is 5.22. The van der Waals surface area contributed by atoms with Gasteiger partial charge in [0.05, 0.1) is 17.1 Å². The Bertz CT molecular complexity index is 1660. The van der Waals surface area contributed by atoms with Crippen LogP contribution in [0.4, 0.5) is 11.4 Å². The summed E-state index contributed by atoms with van der Waals surface area (Å²) in [6.07, 6.45) is 0.967. The molecule has 0 radical (unpaired) electrons. The lowest BCUT2D eigenvalue weighted by atomic mass is 9.86. The predicted molar refractivity (Wildman–Crippen MR) is 151 cm³/mol. The summed E-state index contributed by atoms with van der Waals surface area (Å²) in [7, 11) is -3.94. The van der Waals surface area contributed by atoms with Crippen molar-refractivity contribution < 1.29 is 17.9 Å². The highest BCUT2D eigenvalue weighted by atomic mass is 32.2. The topological polar surface area (TPSA) is 75.7 Å². The van der Waals surface area contributed by atoms with Gasteiger partial charge in [-0.15, -0.1) is 0 Å². The quantitative estimate of drug-likeness (QED) is 0.363. The first-order valence-corrected chi connectivity index (χ1v) is 14.3. The second-order valence-electron chi connectivity index (χ2n) is 11.0. The second kappa shape index (κ2) is 8.88. The maximum absolute atomic E-state index is 13.8. The van der Waals surface area contributed by atoms with Crippen LogP contribution in [0.15, 0.2) is 83.8 Å². The highest BCUT2D eigenvalue weighted by Crippen LogP contribution is 2.41. The van der Waals surface area contributed by atoms with Gasteiger partial charge in [-0.25, -0.2) is 8.42 Å². The van der Waals surface area contributed by atoms with Gasteiger partial charge in [-0.05, 0) is 70.7 Å². The molecule has 194 valence electrons. The molecule has 0 bridgehead atoms. The van der Waals surface area contributed by atoms with Crippen molar-refractivity contribution in [2.45, 2.75) is 50.0 Å². The summed E-state index contributed by atoms with van der Waals surface area (Å²) in [6, 6.07) is 24.0. The molecule has 38 heavy (non-hydrogen) atoms. The summed E-state index contributed by atoms with van der Waals surface area (Å²) < 4.78 is 35.1. The number of benzene rings is 4. The minimum absolute atomic E-state index is 0.134. The Hall–Kier alpha value is -3.84. The molecule has 0 fully saturated rings. The smallest absolute Gasteiger partial charge is 0.267 e. The van der Waals surface area contributed by atoms with Gasteiger partial charge >= 0.3 is 0 Å². The van der Waals surface area contributed by atoms with Crippen LogP contribution in [0.3, 0.4) is 0 Å². The number of anilines is 2. The highest BCUT2D eigenvalue weighted by molar-refractivity contribution is 7.92. The summed E-state index contributed by atoms with van der Waals surface area (Å²) in [6.45, 7) is 6.08. The number of carbonyl (C=O) groups is 1. The molecule has 4 aromatic carbocycles. The van der Waals surface area contributed by atoms with Crippen LogP contribution in [-0.2, 0) is 33.1 Å². The third-order valence-corrected chi connectivity index (χ3v) is 9.25. The molecular weight excluding hydrogens is 496 g/mol. The number of ether oxygens (including phenoxy) is 1. The van der Waals surface area contributed by atoms with E-state index in [1.54, 1.807) is 36.4 Å². The Kier molecular flexibility index (Phi) is 5.72. The fourth-order valence-electron chi connectivity index (χ4n) is 5.37. The molecule has 6 nitrogen and oxygen atoms in total. The van der Waals surface area contributed by atoms with Crippen molar-refractivity contribution in [2.24, 2.45) is 0 Å². The van der Waals surface area contributed by atoms with Crippen LogP contribution in [0.25, 0.3) is 10.8 Å². The number of carbonyl (C=O) groups excluding carboxylic acids is 1. The maximum Gasteiger partial charge on any atom is 0.267 e. The van der Waals surface area contributed by atoms with E-state index in [4.69, 9.17) is 4.74 Å². The van der Waals surface area contributed by atoms with Gasteiger partial charge in [0.15, 0.2) is 6.10 Å². The Labute approximate surface area is 223 Å². The van der Waals surface area contributed by atoms with Crippen molar-refractivity contribution in [1.29, 1.82) is 0 Å². The third kappa shape index (κ3) is 4.11. The van der Waals surface area contributed by atoms with E-state index in [-0.39, 0.29) is 22.8 Å². The van der Waals surface area contributed by atoms with Crippen molar-refractivity contribution in [3.63, 3.8) is 0 Å². The molecule has 0 spiro atoms. The van der Waals surface area contributed by atoms with E-state index < -0.39 is 16.1 Å². The molecule has 1 N–H and O–H groups in total. The number of nitrogens with zero attached hydrogens (tertiary/aromatic N) is 1. The lowest BCUT2D eigenvalue weighted by molar-refractivity contribution is -0.122. The zero-order chi connectivity index (χ0) is 26.7. The normalized spacial score (nSPS) is 16.7. The van der Waals surface area contributed by atoms with E-state index in [2.05, 4.69) is 38.2 Å².